The van der Waals surface area contributed by atoms with Gasteiger partial charge < -0.3 is 19.7 Å². The average molecular weight is 340 g/mol. The molecule has 25 heavy (non-hydrogen) atoms. The van der Waals surface area contributed by atoms with Gasteiger partial charge in [-0.05, 0) is 19.4 Å². The van der Waals surface area contributed by atoms with Gasteiger partial charge in [-0.2, -0.15) is 4.98 Å². The minimum Gasteiger partial charge on any atom is -0.337 e. The summed E-state index contributed by atoms with van der Waals surface area (Å²) in [5, 5.41) is 9.50. The van der Waals surface area contributed by atoms with Crippen molar-refractivity contribution < 1.29 is 9.32 Å². The van der Waals surface area contributed by atoms with Crippen LogP contribution in [-0.2, 0) is 7.05 Å². The zero-order chi connectivity index (χ0) is 17.8. The molecule has 2 N–H and O–H groups in total. The summed E-state index contributed by atoms with van der Waals surface area (Å²) in [6.07, 6.45) is 3.55. The third-order valence-corrected chi connectivity index (χ3v) is 3.79. The number of hydrogen-bond donors (Lipinski definition) is 2. The Hall–Kier alpha value is -3.16. The van der Waals surface area contributed by atoms with Gasteiger partial charge in [0.1, 0.15) is 17.9 Å². The minimum atomic E-state index is -0.404. The number of imidazole rings is 1. The van der Waals surface area contributed by atoms with Crippen molar-refractivity contribution in [3.8, 4) is 0 Å². The first-order chi connectivity index (χ1) is 12.0. The third kappa shape index (κ3) is 3.85. The molecule has 0 aliphatic carbocycles. The van der Waals surface area contributed by atoms with E-state index in [0.717, 1.165) is 11.4 Å². The fourth-order valence-electron chi connectivity index (χ4n) is 2.52. The summed E-state index contributed by atoms with van der Waals surface area (Å²) in [5.74, 6) is 1.63. The van der Waals surface area contributed by atoms with Crippen LogP contribution >= 0.6 is 0 Å². The molecule has 1 aromatic carbocycles. The van der Waals surface area contributed by atoms with E-state index in [2.05, 4.69) is 25.8 Å². The lowest BCUT2D eigenvalue weighted by molar-refractivity contribution is 0.231. The molecule has 3 rings (SSSR count). The fourth-order valence-corrected chi connectivity index (χ4v) is 2.52. The zero-order valence-electron chi connectivity index (χ0n) is 14.3. The van der Waals surface area contributed by atoms with E-state index >= 15 is 0 Å². The Morgan fingerprint density at radius 1 is 1.24 bits per heavy atom. The fraction of sp³-hybridized carbons (Fsp3) is 0.294. The lowest BCUT2D eigenvalue weighted by Crippen LogP contribution is -2.40. The molecule has 0 saturated carbocycles. The highest BCUT2D eigenvalue weighted by Crippen LogP contribution is 2.20. The third-order valence-electron chi connectivity index (χ3n) is 3.79. The van der Waals surface area contributed by atoms with E-state index in [1.165, 1.54) is 0 Å². The number of aromatic nitrogens is 4. The van der Waals surface area contributed by atoms with Gasteiger partial charge in [0.2, 0.25) is 5.89 Å². The largest absolute Gasteiger partial charge is 0.337 e. The van der Waals surface area contributed by atoms with E-state index in [1.54, 1.807) is 20.0 Å². The van der Waals surface area contributed by atoms with Crippen molar-refractivity contribution in [2.24, 2.45) is 7.05 Å². The van der Waals surface area contributed by atoms with Crippen molar-refractivity contribution >= 4 is 6.03 Å². The van der Waals surface area contributed by atoms with Crippen LogP contribution in [0.15, 0.2) is 47.2 Å². The average Bonchev–Trinajstić information content (AvgIpc) is 3.22. The molecule has 0 spiro atoms. The van der Waals surface area contributed by atoms with Gasteiger partial charge in [-0.15, -0.1) is 0 Å². The summed E-state index contributed by atoms with van der Waals surface area (Å²) in [7, 11) is 1.89. The Kier molecular flexibility index (Phi) is 4.78. The molecule has 2 amide bonds. The number of urea groups is 1. The molecule has 0 saturated heterocycles. The second-order valence-electron chi connectivity index (χ2n) is 5.76. The lowest BCUT2D eigenvalue weighted by atomic mass is 10.1. The molecule has 130 valence electrons. The molecule has 0 radical (unpaired) electrons. The van der Waals surface area contributed by atoms with E-state index in [1.807, 2.05) is 48.1 Å². The summed E-state index contributed by atoms with van der Waals surface area (Å²) in [6.45, 7) is 3.51. The normalized spacial score (nSPS) is 13.2. The van der Waals surface area contributed by atoms with Gasteiger partial charge in [0.05, 0.1) is 0 Å². The predicted octanol–water partition coefficient (Wildman–Crippen LogP) is 2.26. The maximum Gasteiger partial charge on any atom is 0.316 e. The standard InChI is InChI=1S/C17H20N6O2/c1-11(16-20-12(2)22-25-16)19-17(24)21-14(13-7-5-4-6-8-13)15-18-9-10-23(15)3/h4-11,14H,1-3H3,(H2,19,21,24). The van der Waals surface area contributed by atoms with E-state index in [4.69, 9.17) is 4.52 Å². The number of carbonyl (C=O) groups excluding carboxylic acids is 1. The number of rotatable bonds is 5. The lowest BCUT2D eigenvalue weighted by Gasteiger charge is -2.20. The van der Waals surface area contributed by atoms with Gasteiger partial charge in [0, 0.05) is 19.4 Å². The minimum absolute atomic E-state index is 0.347. The van der Waals surface area contributed by atoms with E-state index < -0.39 is 6.04 Å². The Morgan fingerprint density at radius 2 is 2.00 bits per heavy atom. The van der Waals surface area contributed by atoms with Crippen molar-refractivity contribution in [3.05, 3.63) is 65.8 Å². The Labute approximate surface area is 145 Å². The topological polar surface area (TPSA) is 97.9 Å². The van der Waals surface area contributed by atoms with Crippen molar-refractivity contribution in [1.82, 2.24) is 30.3 Å². The molecular formula is C17H20N6O2. The van der Waals surface area contributed by atoms with Crippen LogP contribution in [0.25, 0.3) is 0 Å². The smallest absolute Gasteiger partial charge is 0.316 e. The van der Waals surface area contributed by atoms with Gasteiger partial charge in [-0.1, -0.05) is 35.5 Å². The van der Waals surface area contributed by atoms with Gasteiger partial charge in [-0.25, -0.2) is 9.78 Å². The number of hydrogen-bond acceptors (Lipinski definition) is 5. The number of benzene rings is 1. The summed E-state index contributed by atoms with van der Waals surface area (Å²) >= 11 is 0. The van der Waals surface area contributed by atoms with E-state index in [9.17, 15) is 4.79 Å². The predicted molar refractivity (Wildman–Crippen MR) is 90.6 cm³/mol. The van der Waals surface area contributed by atoms with Gasteiger partial charge in [0.15, 0.2) is 5.82 Å². The SMILES string of the molecule is Cc1noc(C(C)NC(=O)NC(c2ccccc2)c2nccn2C)n1. The molecule has 0 bridgehead atoms. The van der Waals surface area contributed by atoms with Crippen molar-refractivity contribution in [3.63, 3.8) is 0 Å². The van der Waals surface area contributed by atoms with E-state index in [0.29, 0.717) is 11.7 Å². The highest BCUT2D eigenvalue weighted by Gasteiger charge is 2.22. The highest BCUT2D eigenvalue weighted by atomic mass is 16.5. The number of aryl methyl sites for hydroxylation is 2. The van der Waals surface area contributed by atoms with Crippen LogP contribution in [0.3, 0.4) is 0 Å². The summed E-state index contributed by atoms with van der Waals surface area (Å²) < 4.78 is 6.97. The summed E-state index contributed by atoms with van der Waals surface area (Å²) in [4.78, 5) is 21.0. The van der Waals surface area contributed by atoms with E-state index in [-0.39, 0.29) is 12.1 Å². The molecule has 2 atom stereocenters. The summed E-state index contributed by atoms with van der Waals surface area (Å²) in [5.41, 5.74) is 0.938. The molecule has 3 aromatic rings. The van der Waals surface area contributed by atoms with Crippen molar-refractivity contribution in [1.29, 1.82) is 0 Å². The van der Waals surface area contributed by atoms with Crippen LogP contribution in [0.5, 0.6) is 0 Å². The molecule has 2 aromatic heterocycles. The number of amides is 2. The summed E-state index contributed by atoms with van der Waals surface area (Å²) in [6, 6.07) is 8.55. The Morgan fingerprint density at radius 3 is 2.60 bits per heavy atom. The van der Waals surface area contributed by atoms with Gasteiger partial charge >= 0.3 is 6.03 Å². The van der Waals surface area contributed by atoms with Crippen LogP contribution in [0.2, 0.25) is 0 Å². The van der Waals surface area contributed by atoms with Crippen molar-refractivity contribution in [2.75, 3.05) is 0 Å². The van der Waals surface area contributed by atoms with Crippen LogP contribution in [0.1, 0.15) is 42.1 Å². The molecule has 0 aliphatic rings. The monoisotopic (exact) mass is 340 g/mol. The van der Waals surface area contributed by atoms with Gasteiger partial charge in [0.25, 0.3) is 0 Å². The van der Waals surface area contributed by atoms with Crippen LogP contribution in [0, 0.1) is 6.92 Å². The van der Waals surface area contributed by atoms with Gasteiger partial charge in [-0.3, -0.25) is 0 Å². The van der Waals surface area contributed by atoms with Crippen LogP contribution in [0.4, 0.5) is 4.79 Å². The van der Waals surface area contributed by atoms with Crippen LogP contribution in [-0.4, -0.2) is 25.7 Å². The van der Waals surface area contributed by atoms with Crippen LogP contribution < -0.4 is 10.6 Å². The number of nitrogens with one attached hydrogen (secondary N) is 2. The maximum absolute atomic E-state index is 12.5. The Balaban J connectivity index is 1.76. The second kappa shape index (κ2) is 7.16. The Bertz CT molecular complexity index is 842. The molecule has 8 nitrogen and oxygen atoms in total. The maximum atomic E-state index is 12.5. The van der Waals surface area contributed by atoms with Crippen molar-refractivity contribution in [2.45, 2.75) is 25.9 Å². The molecular weight excluding hydrogens is 320 g/mol. The number of carbonyl (C=O) groups is 1. The second-order valence-corrected chi connectivity index (χ2v) is 5.76. The molecule has 2 heterocycles. The molecule has 0 fully saturated rings. The first-order valence-electron chi connectivity index (χ1n) is 7.94. The molecule has 8 heteroatoms. The first-order valence-corrected chi connectivity index (χ1v) is 7.94. The first kappa shape index (κ1) is 16.7. The zero-order valence-corrected chi connectivity index (χ0v) is 14.3. The number of nitrogens with zero attached hydrogens (tertiary/aromatic N) is 4. The molecule has 2 unspecified atom stereocenters. The highest BCUT2D eigenvalue weighted by molar-refractivity contribution is 5.75. The quantitative estimate of drug-likeness (QED) is 0.742. The molecule has 0 aliphatic heterocycles.